The fraction of sp³-hybridized carbons (Fsp3) is 0.500. The zero-order valence-corrected chi connectivity index (χ0v) is 22.2. The molecule has 2 unspecified atom stereocenters. The molecule has 2 aliphatic heterocycles. The number of piperidine rings is 1. The summed E-state index contributed by atoms with van der Waals surface area (Å²) in [5, 5.41) is 24.1. The number of nitriles is 1. The van der Waals surface area contributed by atoms with Crippen LogP contribution in [-0.4, -0.2) is 68.4 Å². The predicted octanol–water partition coefficient (Wildman–Crippen LogP) is 4.63. The van der Waals surface area contributed by atoms with E-state index in [1.54, 1.807) is 23.0 Å². The molecule has 0 spiro atoms. The van der Waals surface area contributed by atoms with Gasteiger partial charge in [-0.05, 0) is 68.8 Å². The number of halogens is 2. The molecule has 0 bridgehead atoms. The standard InChI is InChI=1S/C26H29Cl2N7O2/c1-16(20-7-6-19(27)10-21(20)28)35-26-25(22(11-29)32-35)30-12-23(31-26)34-14-18(15-34)17-4-2-8-33(13-17)9-3-5-24(36)37/h6-7,10,12,16-18H,2-5,8-9,13-15H2,1H3,(H,36,37). The number of nitrogens with zero attached hydrogens (tertiary/aromatic N) is 7. The number of hydrogen-bond acceptors (Lipinski definition) is 7. The first kappa shape index (κ1) is 25.7. The quantitative estimate of drug-likeness (QED) is 0.439. The monoisotopic (exact) mass is 541 g/mol. The fourth-order valence-corrected chi connectivity index (χ4v) is 6.07. The van der Waals surface area contributed by atoms with Gasteiger partial charge in [0, 0.05) is 36.1 Å². The molecule has 0 radical (unpaired) electrons. The second-order valence-electron chi connectivity index (χ2n) is 10.0. The van der Waals surface area contributed by atoms with Crippen molar-refractivity contribution in [2.75, 3.05) is 37.6 Å². The Morgan fingerprint density at radius 3 is 2.81 bits per heavy atom. The third-order valence-corrected chi connectivity index (χ3v) is 8.15. The van der Waals surface area contributed by atoms with Crippen molar-refractivity contribution in [3.8, 4) is 6.07 Å². The van der Waals surface area contributed by atoms with Crippen molar-refractivity contribution < 1.29 is 9.90 Å². The Morgan fingerprint density at radius 2 is 2.08 bits per heavy atom. The molecule has 194 valence electrons. The molecular formula is C26H29Cl2N7O2. The molecular weight excluding hydrogens is 513 g/mol. The molecule has 1 N–H and O–H groups in total. The fourth-order valence-electron chi connectivity index (χ4n) is 5.50. The molecule has 2 aromatic heterocycles. The lowest BCUT2D eigenvalue weighted by molar-refractivity contribution is -0.137. The minimum atomic E-state index is -0.727. The number of carboxylic acid groups (broad SMARTS) is 1. The maximum Gasteiger partial charge on any atom is 0.303 e. The highest BCUT2D eigenvalue weighted by atomic mass is 35.5. The molecule has 2 fully saturated rings. The minimum Gasteiger partial charge on any atom is -0.481 e. The molecule has 2 saturated heterocycles. The summed E-state index contributed by atoms with van der Waals surface area (Å²) in [4.78, 5) is 24.9. The average Bonchev–Trinajstić information content (AvgIpc) is 3.21. The lowest BCUT2D eigenvalue weighted by atomic mass is 9.80. The lowest BCUT2D eigenvalue weighted by Crippen LogP contribution is -2.54. The van der Waals surface area contributed by atoms with Crippen LogP contribution in [0.3, 0.4) is 0 Å². The number of aliphatic carboxylic acids is 1. The Morgan fingerprint density at radius 1 is 1.27 bits per heavy atom. The van der Waals surface area contributed by atoms with Crippen molar-refractivity contribution in [1.82, 2.24) is 24.6 Å². The van der Waals surface area contributed by atoms with E-state index < -0.39 is 5.97 Å². The van der Waals surface area contributed by atoms with Crippen LogP contribution in [0, 0.1) is 23.2 Å². The Kier molecular flexibility index (Phi) is 7.52. The second-order valence-corrected chi connectivity index (χ2v) is 10.9. The molecule has 4 heterocycles. The number of hydrogen-bond donors (Lipinski definition) is 1. The zero-order valence-electron chi connectivity index (χ0n) is 20.6. The first-order valence-corrected chi connectivity index (χ1v) is 13.4. The van der Waals surface area contributed by atoms with Crippen molar-refractivity contribution >= 4 is 46.2 Å². The van der Waals surface area contributed by atoms with Crippen LogP contribution in [0.15, 0.2) is 24.4 Å². The summed E-state index contributed by atoms with van der Waals surface area (Å²) in [5.74, 6) is 1.23. The Labute approximate surface area is 225 Å². The maximum atomic E-state index is 10.8. The van der Waals surface area contributed by atoms with E-state index in [1.165, 1.54) is 6.42 Å². The van der Waals surface area contributed by atoms with Gasteiger partial charge in [-0.2, -0.15) is 10.4 Å². The van der Waals surface area contributed by atoms with Gasteiger partial charge in [0.25, 0.3) is 0 Å². The normalized spacial score (nSPS) is 19.5. The molecule has 0 amide bonds. The van der Waals surface area contributed by atoms with E-state index >= 15 is 0 Å². The Balaban J connectivity index is 1.30. The summed E-state index contributed by atoms with van der Waals surface area (Å²) in [6.07, 6.45) is 5.01. The van der Waals surface area contributed by atoms with Crippen LogP contribution in [0.4, 0.5) is 5.82 Å². The topological polar surface area (TPSA) is 111 Å². The first-order chi connectivity index (χ1) is 17.8. The number of rotatable bonds is 8. The smallest absolute Gasteiger partial charge is 0.303 e. The highest BCUT2D eigenvalue weighted by Gasteiger charge is 2.36. The highest BCUT2D eigenvalue weighted by Crippen LogP contribution is 2.35. The average molecular weight is 542 g/mol. The molecule has 11 heteroatoms. The number of anilines is 1. The lowest BCUT2D eigenvalue weighted by Gasteiger charge is -2.47. The van der Waals surface area contributed by atoms with E-state index in [4.69, 9.17) is 33.3 Å². The largest absolute Gasteiger partial charge is 0.481 e. The van der Waals surface area contributed by atoms with E-state index in [2.05, 4.69) is 26.0 Å². The number of likely N-dealkylation sites (tertiary alicyclic amines) is 1. The van der Waals surface area contributed by atoms with Crippen molar-refractivity contribution in [3.63, 3.8) is 0 Å². The van der Waals surface area contributed by atoms with E-state index in [-0.39, 0.29) is 18.2 Å². The van der Waals surface area contributed by atoms with Gasteiger partial charge in [0.05, 0.1) is 12.2 Å². The van der Waals surface area contributed by atoms with Gasteiger partial charge < -0.3 is 14.9 Å². The molecule has 3 aromatic rings. The van der Waals surface area contributed by atoms with Gasteiger partial charge in [0.2, 0.25) is 0 Å². The minimum absolute atomic E-state index is 0.229. The van der Waals surface area contributed by atoms with Gasteiger partial charge in [-0.15, -0.1) is 0 Å². The van der Waals surface area contributed by atoms with Gasteiger partial charge in [-0.3, -0.25) is 4.79 Å². The first-order valence-electron chi connectivity index (χ1n) is 12.6. The van der Waals surface area contributed by atoms with Crippen LogP contribution in [-0.2, 0) is 4.79 Å². The molecule has 37 heavy (non-hydrogen) atoms. The summed E-state index contributed by atoms with van der Waals surface area (Å²) in [6, 6.07) is 7.21. The maximum absolute atomic E-state index is 10.8. The van der Waals surface area contributed by atoms with Crippen LogP contribution >= 0.6 is 23.2 Å². The van der Waals surface area contributed by atoms with E-state index in [9.17, 15) is 10.1 Å². The second kappa shape index (κ2) is 10.8. The highest BCUT2D eigenvalue weighted by molar-refractivity contribution is 6.35. The summed E-state index contributed by atoms with van der Waals surface area (Å²) >= 11 is 12.5. The van der Waals surface area contributed by atoms with Gasteiger partial charge >= 0.3 is 5.97 Å². The SMILES string of the molecule is CC(c1ccc(Cl)cc1Cl)n1nc(C#N)c2ncc(N3CC(C4CCCN(CCCC(=O)O)C4)C3)nc21. The molecule has 2 atom stereocenters. The van der Waals surface area contributed by atoms with Gasteiger partial charge in [-0.25, -0.2) is 14.6 Å². The van der Waals surface area contributed by atoms with E-state index in [1.807, 2.05) is 13.0 Å². The molecule has 1 aromatic carbocycles. The van der Waals surface area contributed by atoms with Gasteiger partial charge in [-0.1, -0.05) is 29.3 Å². The van der Waals surface area contributed by atoms with Crippen LogP contribution in [0.1, 0.15) is 49.9 Å². The summed E-state index contributed by atoms with van der Waals surface area (Å²) in [6.45, 7) is 6.71. The molecule has 5 rings (SSSR count). The Hall–Kier alpha value is -2.93. The molecule has 0 saturated carbocycles. The molecule has 2 aliphatic rings. The van der Waals surface area contributed by atoms with Crippen LogP contribution in [0.5, 0.6) is 0 Å². The van der Waals surface area contributed by atoms with Crippen molar-refractivity contribution in [2.45, 2.75) is 38.6 Å². The summed E-state index contributed by atoms with van der Waals surface area (Å²) in [7, 11) is 0. The van der Waals surface area contributed by atoms with E-state index in [0.717, 1.165) is 50.5 Å². The van der Waals surface area contributed by atoms with E-state index in [0.29, 0.717) is 39.5 Å². The number of aromatic nitrogens is 4. The van der Waals surface area contributed by atoms with Crippen LogP contribution in [0.25, 0.3) is 11.2 Å². The molecule has 9 nitrogen and oxygen atoms in total. The number of benzene rings is 1. The number of carboxylic acids is 1. The molecule has 0 aliphatic carbocycles. The zero-order chi connectivity index (χ0) is 26.1. The van der Waals surface area contributed by atoms with Crippen molar-refractivity contribution in [3.05, 3.63) is 45.7 Å². The van der Waals surface area contributed by atoms with Gasteiger partial charge in [0.1, 0.15) is 17.4 Å². The summed E-state index contributed by atoms with van der Waals surface area (Å²) < 4.78 is 1.72. The number of fused-ring (bicyclic) bond motifs is 1. The van der Waals surface area contributed by atoms with Crippen molar-refractivity contribution in [2.24, 2.45) is 11.8 Å². The Bertz CT molecular complexity index is 1350. The number of carbonyl (C=O) groups is 1. The summed E-state index contributed by atoms with van der Waals surface area (Å²) in [5.41, 5.74) is 2.10. The third kappa shape index (κ3) is 5.37. The van der Waals surface area contributed by atoms with Gasteiger partial charge in [0.15, 0.2) is 11.3 Å². The van der Waals surface area contributed by atoms with Crippen molar-refractivity contribution in [1.29, 1.82) is 5.26 Å². The van der Waals surface area contributed by atoms with Crippen LogP contribution < -0.4 is 4.90 Å². The predicted molar refractivity (Wildman–Crippen MR) is 142 cm³/mol. The van der Waals surface area contributed by atoms with Crippen LogP contribution in [0.2, 0.25) is 10.0 Å². The third-order valence-electron chi connectivity index (χ3n) is 7.58.